The zero-order chi connectivity index (χ0) is 40.4. The number of hydrogen-bond donors (Lipinski definition) is 5. The molecule has 16 nitrogen and oxygen atoms in total. The number of aliphatic carboxylic acids is 2. The maximum absolute atomic E-state index is 12.4. The van der Waals surface area contributed by atoms with E-state index in [1.807, 2.05) is 36.4 Å². The summed E-state index contributed by atoms with van der Waals surface area (Å²) < 4.78 is 17.0. The number of aromatic nitrogens is 2. The number of para-hydroxylation sites is 2. The molecule has 0 aliphatic rings. The summed E-state index contributed by atoms with van der Waals surface area (Å²) in [6, 6.07) is 30.3. The Morgan fingerprint density at radius 2 is 1.21 bits per heavy atom. The number of rotatable bonds is 11. The molecule has 56 heavy (non-hydrogen) atoms. The maximum Gasteiger partial charge on any atom is 0.325 e. The van der Waals surface area contributed by atoms with Gasteiger partial charge in [-0.05, 0) is 43.3 Å². The fourth-order valence-corrected chi connectivity index (χ4v) is 5.28. The molecule has 0 bridgehead atoms. The number of methoxy groups -OCH3 is 1. The van der Waals surface area contributed by atoms with Crippen molar-refractivity contribution in [1.82, 2.24) is 20.6 Å². The van der Waals surface area contributed by atoms with Gasteiger partial charge in [0.2, 0.25) is 0 Å². The number of nitrogens with zero attached hydrogens (tertiary/aromatic N) is 4. The molecule has 0 aliphatic carbocycles. The van der Waals surface area contributed by atoms with Gasteiger partial charge in [0.25, 0.3) is 11.8 Å². The first-order valence-corrected chi connectivity index (χ1v) is 16.4. The van der Waals surface area contributed by atoms with Gasteiger partial charge in [0.15, 0.2) is 34.3 Å². The summed E-state index contributed by atoms with van der Waals surface area (Å²) in [6.45, 7) is 0.691. The van der Waals surface area contributed by atoms with Crippen LogP contribution in [0.2, 0.25) is 0 Å². The Balaban J connectivity index is 0.000000214. The van der Waals surface area contributed by atoms with E-state index in [0.29, 0.717) is 28.0 Å². The first kappa shape index (κ1) is 39.0. The molecule has 1 atom stereocenters. The first-order chi connectivity index (χ1) is 27.0. The molecule has 0 saturated heterocycles. The number of amides is 2. The van der Waals surface area contributed by atoms with Gasteiger partial charge in [-0.3, -0.25) is 19.2 Å². The van der Waals surface area contributed by atoms with Crippen LogP contribution in [0.25, 0.3) is 21.5 Å². The van der Waals surface area contributed by atoms with Crippen molar-refractivity contribution in [3.63, 3.8) is 0 Å². The quantitative estimate of drug-likeness (QED) is 0.109. The molecule has 4 aromatic carbocycles. The normalized spacial score (nSPS) is 10.8. The molecule has 0 spiro atoms. The van der Waals surface area contributed by atoms with E-state index < -0.39 is 47.8 Å². The highest BCUT2D eigenvalue weighted by Gasteiger charge is 2.25. The van der Waals surface area contributed by atoms with E-state index in [0.717, 1.165) is 0 Å². The predicted molar refractivity (Wildman–Crippen MR) is 199 cm³/mol. The third-order valence-electron chi connectivity index (χ3n) is 7.82. The van der Waals surface area contributed by atoms with Crippen LogP contribution in [0.3, 0.4) is 0 Å². The van der Waals surface area contributed by atoms with Crippen LogP contribution >= 0.6 is 0 Å². The Morgan fingerprint density at radius 1 is 0.714 bits per heavy atom. The van der Waals surface area contributed by atoms with Crippen LogP contribution in [0.15, 0.2) is 97.1 Å². The number of nitriles is 2. The van der Waals surface area contributed by atoms with Crippen molar-refractivity contribution in [2.24, 2.45) is 0 Å². The monoisotopic (exact) mass is 754 g/mol. The van der Waals surface area contributed by atoms with Crippen LogP contribution in [0.4, 0.5) is 0 Å². The van der Waals surface area contributed by atoms with Crippen molar-refractivity contribution in [2.75, 3.05) is 13.7 Å². The second kappa shape index (κ2) is 17.5. The van der Waals surface area contributed by atoms with E-state index in [2.05, 4.69) is 20.6 Å². The number of ether oxygens (including phenoxy) is 3. The van der Waals surface area contributed by atoms with Crippen molar-refractivity contribution in [2.45, 2.75) is 13.0 Å². The van der Waals surface area contributed by atoms with E-state index in [-0.39, 0.29) is 39.4 Å². The zero-order valence-corrected chi connectivity index (χ0v) is 29.5. The maximum atomic E-state index is 12.4. The molecule has 2 aromatic heterocycles. The Kier molecular flexibility index (Phi) is 12.2. The van der Waals surface area contributed by atoms with E-state index >= 15 is 0 Å². The van der Waals surface area contributed by atoms with Gasteiger partial charge < -0.3 is 40.2 Å². The number of nitrogens with one attached hydrogen (secondary N) is 2. The largest absolute Gasteiger partial charge is 0.505 e. The molecule has 0 unspecified atom stereocenters. The summed E-state index contributed by atoms with van der Waals surface area (Å²) in [7, 11) is 1.36. The molecule has 6 rings (SSSR count). The van der Waals surface area contributed by atoms with Gasteiger partial charge in [0.05, 0.1) is 17.9 Å². The lowest BCUT2D eigenvalue weighted by Gasteiger charge is -2.15. The number of fused-ring (bicyclic) bond motifs is 2. The van der Waals surface area contributed by atoms with Gasteiger partial charge in [-0.1, -0.05) is 60.7 Å². The number of carbonyl (C=O) groups is 4. The van der Waals surface area contributed by atoms with Gasteiger partial charge in [-0.25, -0.2) is 9.97 Å². The van der Waals surface area contributed by atoms with Crippen LogP contribution in [0.5, 0.6) is 34.5 Å². The number of pyridine rings is 2. The minimum atomic E-state index is -1.24. The molecule has 2 heterocycles. The van der Waals surface area contributed by atoms with Crippen molar-refractivity contribution < 1.29 is 48.7 Å². The molecule has 0 fully saturated rings. The molecule has 16 heteroatoms. The minimum absolute atomic E-state index is 0.0391. The number of carboxylic acid groups (broad SMARTS) is 2. The van der Waals surface area contributed by atoms with E-state index in [1.54, 1.807) is 66.7 Å². The standard InChI is InChI=1S/2C20H15N3O5/c1-27-19-13-8-5-9-15(28-12-6-3-2-4-7-12)17(13)14(10-21)23-18(19)20(26)22-11-16(24)25;1-11(20(26)27)22-19(25)17-18(24)13-8-5-9-15(16(13)14(10-21)23-17)28-12-6-3-2-4-7-12/h2-9H,11H2,1H3,(H,22,26)(H,24,25);2-9,11,24H,1H3,(H,22,25)(H,26,27)/t;11-/m.0/s1. The average Bonchev–Trinajstić information content (AvgIpc) is 3.20. The molecular formula is C40H30N6O10. The van der Waals surface area contributed by atoms with E-state index in [1.165, 1.54) is 20.1 Å². The van der Waals surface area contributed by atoms with E-state index in [4.69, 9.17) is 24.4 Å². The molecular weight excluding hydrogens is 724 g/mol. The summed E-state index contributed by atoms with van der Waals surface area (Å²) in [5.41, 5.74) is -0.783. The topological polar surface area (TPSA) is 254 Å². The van der Waals surface area contributed by atoms with E-state index in [9.17, 15) is 34.8 Å². The molecule has 0 aliphatic heterocycles. The van der Waals surface area contributed by atoms with Crippen LogP contribution in [0, 0.1) is 22.7 Å². The molecule has 6 aromatic rings. The Hall–Kier alpha value is -8.24. The fourth-order valence-electron chi connectivity index (χ4n) is 5.28. The first-order valence-electron chi connectivity index (χ1n) is 16.4. The minimum Gasteiger partial charge on any atom is -0.505 e. The average molecular weight is 755 g/mol. The summed E-state index contributed by atoms with van der Waals surface area (Å²) in [4.78, 5) is 54.4. The number of aromatic hydroxyl groups is 1. The van der Waals surface area contributed by atoms with Crippen LogP contribution < -0.4 is 24.8 Å². The summed E-state index contributed by atoms with van der Waals surface area (Å²) in [6.07, 6.45) is 0. The smallest absolute Gasteiger partial charge is 0.325 e. The van der Waals surface area contributed by atoms with Crippen LogP contribution in [-0.4, -0.2) is 68.7 Å². The third-order valence-corrected chi connectivity index (χ3v) is 7.82. The zero-order valence-electron chi connectivity index (χ0n) is 29.5. The van der Waals surface area contributed by atoms with Gasteiger partial charge in [-0.15, -0.1) is 0 Å². The van der Waals surface area contributed by atoms with Crippen LogP contribution in [0.1, 0.15) is 39.3 Å². The highest BCUT2D eigenvalue weighted by Crippen LogP contribution is 2.39. The highest BCUT2D eigenvalue weighted by molar-refractivity contribution is 6.06. The summed E-state index contributed by atoms with van der Waals surface area (Å²) in [5, 5.41) is 53.0. The third kappa shape index (κ3) is 8.68. The van der Waals surface area contributed by atoms with Gasteiger partial charge in [-0.2, -0.15) is 10.5 Å². The number of carbonyl (C=O) groups excluding carboxylic acids is 2. The Morgan fingerprint density at radius 3 is 1.70 bits per heavy atom. The molecule has 5 N–H and O–H groups in total. The van der Waals surface area contributed by atoms with Crippen LogP contribution in [-0.2, 0) is 9.59 Å². The fraction of sp³-hybridized carbons (Fsp3) is 0.100. The SMILES string of the molecule is COc1c(C(=O)NCC(=O)O)nc(C#N)c2c(Oc3ccccc3)cccc12.C[C@H](NC(=O)c1nc(C#N)c2c(Oc3ccccc3)cccc2c1O)C(=O)O. The highest BCUT2D eigenvalue weighted by atomic mass is 16.5. The lowest BCUT2D eigenvalue weighted by atomic mass is 10.1. The second-order valence-corrected chi connectivity index (χ2v) is 11.5. The summed E-state index contributed by atoms with van der Waals surface area (Å²) in [5.74, 6) is -2.70. The molecule has 0 radical (unpaired) electrons. The van der Waals surface area contributed by atoms with Crippen molar-refractivity contribution >= 4 is 45.3 Å². The van der Waals surface area contributed by atoms with Crippen molar-refractivity contribution in [3.8, 4) is 46.6 Å². The van der Waals surface area contributed by atoms with Crippen molar-refractivity contribution in [1.29, 1.82) is 10.5 Å². The number of carboxylic acids is 2. The predicted octanol–water partition coefficient (Wildman–Crippen LogP) is 5.53. The summed E-state index contributed by atoms with van der Waals surface area (Å²) >= 11 is 0. The van der Waals surface area contributed by atoms with Gasteiger partial charge in [0.1, 0.15) is 47.7 Å². The van der Waals surface area contributed by atoms with Crippen molar-refractivity contribution in [3.05, 3.63) is 120 Å². The molecule has 280 valence electrons. The molecule has 2 amide bonds. The number of hydrogen-bond acceptors (Lipinski definition) is 12. The lowest BCUT2D eigenvalue weighted by Crippen LogP contribution is -2.38. The second-order valence-electron chi connectivity index (χ2n) is 11.5. The Bertz CT molecular complexity index is 2550. The Labute approximate surface area is 317 Å². The number of benzene rings is 4. The van der Waals surface area contributed by atoms with Gasteiger partial charge in [0, 0.05) is 10.8 Å². The molecule has 0 saturated carbocycles. The van der Waals surface area contributed by atoms with Gasteiger partial charge >= 0.3 is 11.9 Å². The lowest BCUT2D eigenvalue weighted by molar-refractivity contribution is -0.139.